The summed E-state index contributed by atoms with van der Waals surface area (Å²) in [5.74, 6) is 1.56. The molecule has 1 aromatic carbocycles. The minimum Gasteiger partial charge on any atom is -0.459 e. The van der Waals surface area contributed by atoms with Crippen LogP contribution in [0.25, 0.3) is 11.0 Å². The lowest BCUT2D eigenvalue weighted by Crippen LogP contribution is -2.24. The summed E-state index contributed by atoms with van der Waals surface area (Å²) in [5.41, 5.74) is 3.72. The van der Waals surface area contributed by atoms with Crippen LogP contribution >= 0.6 is 0 Å². The van der Waals surface area contributed by atoms with Gasteiger partial charge in [-0.2, -0.15) is 0 Å². The van der Waals surface area contributed by atoms with E-state index in [1.165, 1.54) is 16.5 Å². The molecule has 2 rings (SSSR count). The Hall–Kier alpha value is -1.28. The van der Waals surface area contributed by atoms with Gasteiger partial charge in [0.25, 0.3) is 0 Å². The van der Waals surface area contributed by atoms with Gasteiger partial charge in [-0.05, 0) is 36.4 Å². The molecule has 1 unspecified atom stereocenters. The zero-order chi connectivity index (χ0) is 15.8. The molecule has 0 aliphatic heterocycles. The molecule has 116 valence electrons. The van der Waals surface area contributed by atoms with Gasteiger partial charge in [0.2, 0.25) is 0 Å². The first-order valence-corrected chi connectivity index (χ1v) is 8.02. The first kappa shape index (κ1) is 16.1. The zero-order valence-corrected chi connectivity index (χ0v) is 14.5. The standard InChI is InChI=1S/C19H29NO/c1-8-20-17(12(2)3)16-11-14-13(4)9-10-15(18(14)21-16)19(5,6)7/h9-12,17,20H,8H2,1-7H3. The fourth-order valence-electron chi connectivity index (χ4n) is 2.91. The second-order valence-electron chi connectivity index (χ2n) is 7.35. The van der Waals surface area contributed by atoms with Crippen molar-refractivity contribution in [3.05, 3.63) is 35.1 Å². The quantitative estimate of drug-likeness (QED) is 0.820. The van der Waals surface area contributed by atoms with Gasteiger partial charge >= 0.3 is 0 Å². The third kappa shape index (κ3) is 3.16. The molecule has 0 aliphatic rings. The molecule has 0 fully saturated rings. The average molecular weight is 287 g/mol. The van der Waals surface area contributed by atoms with Gasteiger partial charge in [-0.1, -0.05) is 53.7 Å². The van der Waals surface area contributed by atoms with Crippen molar-refractivity contribution >= 4 is 11.0 Å². The number of hydrogen-bond donors (Lipinski definition) is 1. The number of furan rings is 1. The summed E-state index contributed by atoms with van der Waals surface area (Å²) in [5, 5.41) is 4.79. The molecule has 1 aromatic heterocycles. The van der Waals surface area contributed by atoms with Crippen LogP contribution in [0.3, 0.4) is 0 Å². The van der Waals surface area contributed by atoms with E-state index in [0.29, 0.717) is 5.92 Å². The average Bonchev–Trinajstić information content (AvgIpc) is 2.79. The van der Waals surface area contributed by atoms with E-state index in [1.807, 2.05) is 0 Å². The third-order valence-corrected chi connectivity index (χ3v) is 4.13. The highest BCUT2D eigenvalue weighted by Gasteiger charge is 2.24. The first-order valence-electron chi connectivity index (χ1n) is 8.02. The van der Waals surface area contributed by atoms with Gasteiger partial charge in [0.1, 0.15) is 11.3 Å². The van der Waals surface area contributed by atoms with Crippen LogP contribution in [0.1, 0.15) is 64.5 Å². The molecule has 0 spiro atoms. The van der Waals surface area contributed by atoms with Gasteiger partial charge in [0.15, 0.2) is 0 Å². The number of rotatable bonds is 4. The van der Waals surface area contributed by atoms with Crippen molar-refractivity contribution in [3.8, 4) is 0 Å². The summed E-state index contributed by atoms with van der Waals surface area (Å²) in [7, 11) is 0. The molecule has 1 N–H and O–H groups in total. The maximum absolute atomic E-state index is 6.32. The molecule has 0 aliphatic carbocycles. The van der Waals surface area contributed by atoms with E-state index in [2.05, 4.69) is 72.0 Å². The largest absolute Gasteiger partial charge is 0.459 e. The Labute approximate surface area is 128 Å². The lowest BCUT2D eigenvalue weighted by molar-refractivity contribution is 0.355. The Bertz CT molecular complexity index is 616. The Morgan fingerprint density at radius 2 is 1.86 bits per heavy atom. The zero-order valence-electron chi connectivity index (χ0n) is 14.5. The summed E-state index contributed by atoms with van der Waals surface area (Å²) < 4.78 is 6.32. The van der Waals surface area contributed by atoms with E-state index in [4.69, 9.17) is 4.42 Å². The van der Waals surface area contributed by atoms with Gasteiger partial charge < -0.3 is 9.73 Å². The summed E-state index contributed by atoms with van der Waals surface area (Å²) in [6.45, 7) is 16.4. The van der Waals surface area contributed by atoms with Crippen LogP contribution in [-0.4, -0.2) is 6.54 Å². The fourth-order valence-corrected chi connectivity index (χ4v) is 2.91. The molecule has 0 amide bonds. The van der Waals surface area contributed by atoms with E-state index >= 15 is 0 Å². The van der Waals surface area contributed by atoms with Crippen LogP contribution in [-0.2, 0) is 5.41 Å². The number of hydrogen-bond acceptors (Lipinski definition) is 2. The lowest BCUT2D eigenvalue weighted by atomic mass is 9.85. The number of benzene rings is 1. The summed E-state index contributed by atoms with van der Waals surface area (Å²) in [6, 6.07) is 6.92. The minimum atomic E-state index is 0.0899. The smallest absolute Gasteiger partial charge is 0.138 e. The predicted molar refractivity (Wildman–Crippen MR) is 90.9 cm³/mol. The monoisotopic (exact) mass is 287 g/mol. The van der Waals surface area contributed by atoms with Gasteiger partial charge in [0, 0.05) is 10.9 Å². The highest BCUT2D eigenvalue weighted by molar-refractivity contribution is 5.85. The molecule has 1 heterocycles. The minimum absolute atomic E-state index is 0.0899. The Kier molecular flexibility index (Phi) is 4.48. The molecule has 0 saturated carbocycles. The fraction of sp³-hybridized carbons (Fsp3) is 0.579. The van der Waals surface area contributed by atoms with E-state index in [0.717, 1.165) is 17.9 Å². The highest BCUT2D eigenvalue weighted by Crippen LogP contribution is 2.36. The van der Waals surface area contributed by atoms with Crippen LogP contribution < -0.4 is 5.32 Å². The Morgan fingerprint density at radius 3 is 2.38 bits per heavy atom. The maximum Gasteiger partial charge on any atom is 0.138 e. The van der Waals surface area contributed by atoms with Gasteiger partial charge in [0.05, 0.1) is 6.04 Å². The summed E-state index contributed by atoms with van der Waals surface area (Å²) in [4.78, 5) is 0. The van der Waals surface area contributed by atoms with E-state index < -0.39 is 0 Å². The van der Waals surface area contributed by atoms with Crippen molar-refractivity contribution in [1.29, 1.82) is 0 Å². The first-order chi connectivity index (χ1) is 9.75. The molecule has 0 radical (unpaired) electrons. The van der Waals surface area contributed by atoms with Crippen LogP contribution in [0, 0.1) is 12.8 Å². The van der Waals surface area contributed by atoms with Crippen molar-refractivity contribution in [2.24, 2.45) is 5.92 Å². The lowest BCUT2D eigenvalue weighted by Gasteiger charge is -2.20. The maximum atomic E-state index is 6.32. The molecule has 2 nitrogen and oxygen atoms in total. The molecular weight excluding hydrogens is 258 g/mol. The Morgan fingerprint density at radius 1 is 1.19 bits per heavy atom. The SMILES string of the molecule is CCNC(c1cc2c(C)ccc(C(C)(C)C)c2o1)C(C)C. The van der Waals surface area contributed by atoms with Crippen LogP contribution in [0.2, 0.25) is 0 Å². The molecular formula is C19H29NO. The van der Waals surface area contributed by atoms with Gasteiger partial charge in [-0.15, -0.1) is 0 Å². The normalized spacial score (nSPS) is 14.1. The number of aryl methyl sites for hydroxylation is 1. The van der Waals surface area contributed by atoms with Crippen LogP contribution in [0.15, 0.2) is 22.6 Å². The molecule has 21 heavy (non-hydrogen) atoms. The van der Waals surface area contributed by atoms with Crippen molar-refractivity contribution in [1.82, 2.24) is 5.32 Å². The van der Waals surface area contributed by atoms with Gasteiger partial charge in [-0.25, -0.2) is 0 Å². The highest BCUT2D eigenvalue weighted by atomic mass is 16.3. The van der Waals surface area contributed by atoms with Crippen LogP contribution in [0.4, 0.5) is 0 Å². The molecule has 0 bridgehead atoms. The van der Waals surface area contributed by atoms with Crippen molar-refractivity contribution in [2.45, 2.75) is 59.9 Å². The molecule has 2 aromatic rings. The third-order valence-electron chi connectivity index (χ3n) is 4.13. The van der Waals surface area contributed by atoms with E-state index in [-0.39, 0.29) is 11.5 Å². The molecule has 2 heteroatoms. The second-order valence-corrected chi connectivity index (χ2v) is 7.35. The Balaban J connectivity index is 2.62. The van der Waals surface area contributed by atoms with Crippen LogP contribution in [0.5, 0.6) is 0 Å². The number of nitrogens with one attached hydrogen (secondary N) is 1. The topological polar surface area (TPSA) is 25.2 Å². The van der Waals surface area contributed by atoms with Crippen molar-refractivity contribution < 1.29 is 4.42 Å². The van der Waals surface area contributed by atoms with Crippen molar-refractivity contribution in [2.75, 3.05) is 6.54 Å². The summed E-state index contributed by atoms with van der Waals surface area (Å²) in [6.07, 6.45) is 0. The predicted octanol–water partition coefficient (Wildman–Crippen LogP) is 5.35. The van der Waals surface area contributed by atoms with E-state index in [9.17, 15) is 0 Å². The molecule has 0 saturated heterocycles. The molecule has 1 atom stereocenters. The summed E-state index contributed by atoms with van der Waals surface area (Å²) >= 11 is 0. The van der Waals surface area contributed by atoms with Gasteiger partial charge in [-0.3, -0.25) is 0 Å². The number of fused-ring (bicyclic) bond motifs is 1. The second kappa shape index (κ2) is 5.84. The van der Waals surface area contributed by atoms with E-state index in [1.54, 1.807) is 0 Å². The van der Waals surface area contributed by atoms with Crippen molar-refractivity contribution in [3.63, 3.8) is 0 Å².